The highest BCUT2D eigenvalue weighted by atomic mass is 16.4. The molecule has 1 unspecified atom stereocenters. The number of aliphatic hydroxyl groups excluding tert-OH is 5. The average Bonchev–Trinajstić information content (AvgIpc) is 2.14. The highest BCUT2D eigenvalue weighted by Crippen LogP contribution is 1.98. The summed E-state index contributed by atoms with van der Waals surface area (Å²) in [4.78, 5) is 10.9. The van der Waals surface area contributed by atoms with Crippen molar-refractivity contribution < 1.29 is 30.3 Å². The van der Waals surface area contributed by atoms with Gasteiger partial charge in [0.15, 0.2) is 5.78 Å². The minimum absolute atomic E-state index is 0.589. The van der Waals surface area contributed by atoms with Gasteiger partial charge in [-0.15, -0.1) is 0 Å². The normalized spacial score (nSPS) is 19.5. The Morgan fingerprint density at radius 3 is 2.33 bits per heavy atom. The lowest BCUT2D eigenvalue weighted by Crippen LogP contribution is -2.43. The van der Waals surface area contributed by atoms with Gasteiger partial charge in [-0.25, -0.2) is 0 Å². The van der Waals surface area contributed by atoms with Gasteiger partial charge in [0.25, 0.3) is 0 Å². The summed E-state index contributed by atoms with van der Waals surface area (Å²) in [5, 5.41) is 38.7. The van der Waals surface area contributed by atoms with Gasteiger partial charge >= 0.3 is 0 Å². The minimum atomic E-state index is -1.87. The molecule has 0 spiro atoms. The van der Waals surface area contributed by atoms with Gasteiger partial charge in [0.2, 0.25) is 1.43 Å². The zero-order chi connectivity index (χ0) is 10.4. The molecule has 0 rings (SSSR count). The van der Waals surface area contributed by atoms with Crippen LogP contribution < -0.4 is 0 Å². The first-order chi connectivity index (χ1) is 6.04. The first kappa shape index (κ1) is 9.56. The van der Waals surface area contributed by atoms with Crippen LogP contribution in [0.4, 0.5) is 0 Å². The van der Waals surface area contributed by atoms with Crippen molar-refractivity contribution in [1.29, 1.82) is 1.43 Å². The van der Waals surface area contributed by atoms with Gasteiger partial charge in [-0.05, 0) is 0 Å². The maximum absolute atomic E-state index is 10.9. The van der Waals surface area contributed by atoms with Crippen LogP contribution in [0.25, 0.3) is 0 Å². The fourth-order valence-corrected chi connectivity index (χ4v) is 0.569. The van der Waals surface area contributed by atoms with E-state index < -0.39 is 37.3 Å². The van der Waals surface area contributed by atoms with E-state index in [1.807, 2.05) is 0 Å². The van der Waals surface area contributed by atoms with Gasteiger partial charge in [-0.3, -0.25) is 4.79 Å². The Morgan fingerprint density at radius 1 is 1.33 bits per heavy atom. The molecule has 0 aliphatic heterocycles. The summed E-state index contributed by atoms with van der Waals surface area (Å²) < 4.78 is 6.21. The molecule has 0 radical (unpaired) electrons. The first-order valence-electron chi connectivity index (χ1n) is 3.72. The van der Waals surface area contributed by atoms with Crippen LogP contribution in [0.1, 0.15) is 0 Å². The Balaban J connectivity index is 4.08. The second kappa shape index (κ2) is 5.18. The van der Waals surface area contributed by atoms with Crippen molar-refractivity contribution >= 4 is 5.78 Å². The summed E-state index contributed by atoms with van der Waals surface area (Å²) in [6.07, 6.45) is -5.17. The average molecular weight is 181 g/mol. The second-order valence-corrected chi connectivity index (χ2v) is 2.28. The van der Waals surface area contributed by atoms with Crippen LogP contribution in [0.3, 0.4) is 0 Å². The smallest absolute Gasteiger partial charge is 0.210 e. The van der Waals surface area contributed by atoms with E-state index >= 15 is 0 Å². The van der Waals surface area contributed by atoms with Crippen molar-refractivity contribution in [2.45, 2.75) is 18.3 Å². The molecule has 0 aliphatic rings. The summed E-state index contributed by atoms with van der Waals surface area (Å²) >= 11 is 0. The lowest BCUT2D eigenvalue weighted by Gasteiger charge is -2.16. The van der Waals surface area contributed by atoms with Crippen molar-refractivity contribution in [2.24, 2.45) is 0 Å². The molecule has 0 heterocycles. The highest BCUT2D eigenvalue weighted by molar-refractivity contribution is 5.87. The zero-order valence-electron chi connectivity index (χ0n) is 7.25. The standard InChI is InChI=1S/C6H12O6/c7-1-3(9)5(11)6(12)4(10)2-8/h3-5,7-11H,1-2H2/t3-,4?,5-/m1/s1/i8D. The molecule has 72 valence electrons. The van der Waals surface area contributed by atoms with Crippen molar-refractivity contribution in [2.75, 3.05) is 13.2 Å². The maximum Gasteiger partial charge on any atom is 0.210 e. The minimum Gasteiger partial charge on any atom is -0.394 e. The molecule has 0 saturated heterocycles. The molecule has 0 bridgehead atoms. The van der Waals surface area contributed by atoms with E-state index in [4.69, 9.17) is 21.9 Å². The lowest BCUT2D eigenvalue weighted by atomic mass is 10.1. The van der Waals surface area contributed by atoms with Crippen LogP contribution in [-0.2, 0) is 4.79 Å². The van der Waals surface area contributed by atoms with E-state index in [1.165, 1.54) is 0 Å². The number of hydrogen-bond acceptors (Lipinski definition) is 6. The van der Waals surface area contributed by atoms with Crippen LogP contribution in [0.2, 0.25) is 0 Å². The Hall–Kier alpha value is -0.530. The molecule has 6 nitrogen and oxygen atoms in total. The number of carbonyl (C=O) groups is 1. The SMILES string of the molecule is [2H]OCC(O)C(=O)[C@H](O)[C@H](O)CO. The third-order valence-electron chi connectivity index (χ3n) is 1.33. The third-order valence-corrected chi connectivity index (χ3v) is 1.33. The number of carbonyl (C=O) groups excluding carboxylic acids is 1. The monoisotopic (exact) mass is 181 g/mol. The van der Waals surface area contributed by atoms with Gasteiger partial charge in [-0.2, -0.15) is 0 Å². The molecule has 6 heteroatoms. The van der Waals surface area contributed by atoms with Gasteiger partial charge in [0.1, 0.15) is 18.3 Å². The number of ketones is 1. The predicted octanol–water partition coefficient (Wildman–Crippen LogP) is -3.38. The summed E-state index contributed by atoms with van der Waals surface area (Å²) in [6, 6.07) is 0. The van der Waals surface area contributed by atoms with Crippen LogP contribution in [0.15, 0.2) is 0 Å². The zero-order valence-corrected chi connectivity index (χ0v) is 6.25. The van der Waals surface area contributed by atoms with Crippen molar-refractivity contribution in [3.05, 3.63) is 0 Å². The number of rotatable bonds is 6. The quantitative estimate of drug-likeness (QED) is 0.292. The summed E-state index contributed by atoms with van der Waals surface area (Å²) in [6.45, 7) is -1.38. The molecule has 0 aliphatic carbocycles. The van der Waals surface area contributed by atoms with Crippen LogP contribution in [-0.4, -0.2) is 64.3 Å². The molecule has 12 heavy (non-hydrogen) atoms. The second-order valence-electron chi connectivity index (χ2n) is 2.28. The fourth-order valence-electron chi connectivity index (χ4n) is 0.569. The van der Waals surface area contributed by atoms with E-state index in [9.17, 15) is 4.79 Å². The fraction of sp³-hybridized carbons (Fsp3) is 0.833. The Morgan fingerprint density at radius 2 is 1.92 bits per heavy atom. The Labute approximate surface area is 70.2 Å². The van der Waals surface area contributed by atoms with Crippen LogP contribution in [0.5, 0.6) is 0 Å². The highest BCUT2D eigenvalue weighted by Gasteiger charge is 2.28. The summed E-state index contributed by atoms with van der Waals surface area (Å²) in [5.41, 5.74) is 0. The molecule has 0 fully saturated rings. The lowest BCUT2D eigenvalue weighted by molar-refractivity contribution is -0.144. The third kappa shape index (κ3) is 2.84. The van der Waals surface area contributed by atoms with E-state index in [2.05, 4.69) is 5.11 Å². The van der Waals surface area contributed by atoms with Crippen LogP contribution in [0, 0.1) is 0 Å². The molecule has 3 atom stereocenters. The van der Waals surface area contributed by atoms with Crippen molar-refractivity contribution in [3.8, 4) is 0 Å². The summed E-state index contributed by atoms with van der Waals surface area (Å²) in [7, 11) is 0. The Kier molecular flexibility index (Phi) is 4.12. The molecular weight excluding hydrogens is 168 g/mol. The molecule has 0 saturated carbocycles. The molecule has 5 N–H and O–H groups in total. The van der Waals surface area contributed by atoms with E-state index in [-0.39, 0.29) is 0 Å². The van der Waals surface area contributed by atoms with Crippen molar-refractivity contribution in [3.63, 3.8) is 0 Å². The van der Waals surface area contributed by atoms with Crippen molar-refractivity contribution in [1.82, 2.24) is 0 Å². The number of hydrogen-bond donors (Lipinski definition) is 5. The molecule has 0 aromatic heterocycles. The number of Topliss-reactive ketones (excluding diaryl/α,β-unsaturated/α-hetero) is 1. The molecule has 0 aromatic carbocycles. The topological polar surface area (TPSA) is 118 Å². The van der Waals surface area contributed by atoms with Gasteiger partial charge in [0.05, 0.1) is 13.2 Å². The van der Waals surface area contributed by atoms with Gasteiger partial charge in [0, 0.05) is 0 Å². The number of aliphatic hydroxyl groups is 5. The molecule has 0 aromatic rings. The van der Waals surface area contributed by atoms with Crippen LogP contribution >= 0.6 is 0 Å². The van der Waals surface area contributed by atoms with Gasteiger partial charge in [-0.1, -0.05) is 0 Å². The van der Waals surface area contributed by atoms with E-state index in [1.54, 1.807) is 0 Å². The Bertz CT molecular complexity index is 163. The first-order valence-corrected chi connectivity index (χ1v) is 3.31. The van der Waals surface area contributed by atoms with E-state index in [0.717, 1.165) is 0 Å². The maximum atomic E-state index is 10.9. The molecule has 0 amide bonds. The van der Waals surface area contributed by atoms with Gasteiger partial charge < -0.3 is 25.5 Å². The molecular formula is C6H12O6. The largest absolute Gasteiger partial charge is 0.394 e. The predicted molar refractivity (Wildman–Crippen MR) is 37.2 cm³/mol. The summed E-state index contributed by atoms with van der Waals surface area (Å²) in [5.74, 6) is -1.09. The van der Waals surface area contributed by atoms with E-state index in [0.29, 0.717) is 0 Å².